The van der Waals surface area contributed by atoms with Crippen LogP contribution in [0.4, 0.5) is 0 Å². The third-order valence-electron chi connectivity index (χ3n) is 9.44. The summed E-state index contributed by atoms with van der Waals surface area (Å²) in [6, 6.07) is 11.2. The van der Waals surface area contributed by atoms with Gasteiger partial charge in [0.15, 0.2) is 0 Å². The van der Waals surface area contributed by atoms with E-state index in [9.17, 15) is 0 Å². The molecule has 2 aromatic rings. The molecule has 0 bridgehead atoms. The fourth-order valence-electron chi connectivity index (χ4n) is 5.80. The quantitative estimate of drug-likeness (QED) is 0.411. The summed E-state index contributed by atoms with van der Waals surface area (Å²) in [5.74, 6) is 0. The van der Waals surface area contributed by atoms with Gasteiger partial charge in [-0.2, -0.15) is 0 Å². The minimum absolute atomic E-state index is 0.190. The first-order valence-electron chi connectivity index (χ1n) is 13.4. The van der Waals surface area contributed by atoms with E-state index in [4.69, 9.17) is 18.6 Å². The first kappa shape index (κ1) is 26.8. The molecule has 194 valence electrons. The highest BCUT2D eigenvalue weighted by Crippen LogP contribution is 2.52. The van der Waals surface area contributed by atoms with Gasteiger partial charge in [0.05, 0.1) is 22.4 Å². The topological polar surface area (TPSA) is 36.9 Å². The maximum atomic E-state index is 6.46. The van der Waals surface area contributed by atoms with Gasteiger partial charge in [0.1, 0.15) is 0 Å². The first-order chi connectivity index (χ1) is 17.2. The number of hydrogen-bond acceptors (Lipinski definition) is 4. The molecule has 0 unspecified atom stereocenters. The molecule has 0 atom stereocenters. The largest absolute Gasteiger partial charge is 0.494 e. The fraction of sp³-hybridized carbons (Fsp3) is 0.500. The van der Waals surface area contributed by atoms with Crippen molar-refractivity contribution < 1.29 is 18.6 Å². The normalized spacial score (nSPS) is 23.6. The van der Waals surface area contributed by atoms with Crippen molar-refractivity contribution >= 4 is 33.9 Å². The summed E-state index contributed by atoms with van der Waals surface area (Å²) in [7, 11) is -0.906. The molecule has 2 aliphatic heterocycles. The summed E-state index contributed by atoms with van der Waals surface area (Å²) in [6.45, 7) is 25.2. The molecule has 1 aromatic heterocycles. The summed E-state index contributed by atoms with van der Waals surface area (Å²) in [6.07, 6.45) is 5.79. The fourth-order valence-corrected chi connectivity index (χ4v) is 7.67. The van der Waals surface area contributed by atoms with E-state index in [-0.39, 0.29) is 44.1 Å². The molecular formula is C30H40B2O4Si. The van der Waals surface area contributed by atoms with Crippen LogP contribution >= 0.6 is 0 Å². The molecule has 3 aliphatic rings. The highest BCUT2D eigenvalue weighted by molar-refractivity contribution is 6.76. The Bertz CT molecular complexity index is 1140. The Morgan fingerprint density at radius 2 is 1.19 bits per heavy atom. The summed E-state index contributed by atoms with van der Waals surface area (Å²) in [4.78, 5) is 0. The lowest BCUT2D eigenvalue weighted by molar-refractivity contribution is 0.00578. The molecular weight excluding hydrogens is 474 g/mol. The number of fused-ring (bicyclic) bond motifs is 3. The number of benzene rings is 1. The van der Waals surface area contributed by atoms with E-state index in [0.29, 0.717) is 0 Å². The molecule has 4 nitrogen and oxygen atoms in total. The van der Waals surface area contributed by atoms with Gasteiger partial charge in [0, 0.05) is 14.5 Å². The molecule has 0 radical (unpaired) electrons. The zero-order valence-corrected chi connectivity index (χ0v) is 24.9. The molecule has 0 saturated carbocycles. The molecule has 1 aromatic carbocycles. The maximum absolute atomic E-state index is 6.46. The van der Waals surface area contributed by atoms with Crippen LogP contribution in [0.1, 0.15) is 79.0 Å². The molecule has 1 aliphatic carbocycles. The van der Waals surface area contributed by atoms with Crippen LogP contribution in [-0.4, -0.2) is 45.8 Å². The second-order valence-electron chi connectivity index (χ2n) is 12.9. The van der Waals surface area contributed by atoms with Crippen LogP contribution in [0.2, 0.25) is 0 Å². The van der Waals surface area contributed by atoms with Crippen molar-refractivity contribution in [3.8, 4) is 11.1 Å². The van der Waals surface area contributed by atoms with Crippen molar-refractivity contribution in [3.05, 3.63) is 66.4 Å². The zero-order valence-electron chi connectivity index (χ0n) is 23.7. The lowest BCUT2D eigenvalue weighted by Crippen LogP contribution is -2.41. The molecule has 2 saturated heterocycles. The van der Waals surface area contributed by atoms with Crippen molar-refractivity contribution in [2.24, 2.45) is 0 Å². The average molecular weight is 514 g/mol. The third-order valence-corrected chi connectivity index (χ3v) is 11.4. The van der Waals surface area contributed by atoms with Gasteiger partial charge >= 0.3 is 14.2 Å². The van der Waals surface area contributed by atoms with Gasteiger partial charge in [0.2, 0.25) is 0 Å². The SMILES string of the molecule is C=CCC1(CC=C)c2cc(B3OC(C)(C)C(C)(C)O3)ccc2-c2ccc(B3OC(C)(C)C(C)(C)O3)[siH]c21. The van der Waals surface area contributed by atoms with E-state index in [1.807, 2.05) is 0 Å². The predicted molar refractivity (Wildman–Crippen MR) is 156 cm³/mol. The third kappa shape index (κ3) is 4.01. The summed E-state index contributed by atoms with van der Waals surface area (Å²) in [5.41, 5.74) is 3.32. The number of allylic oxidation sites excluding steroid dienone is 2. The highest BCUT2D eigenvalue weighted by Gasteiger charge is 2.54. The van der Waals surface area contributed by atoms with Crippen LogP contribution in [-0.2, 0) is 24.0 Å². The van der Waals surface area contributed by atoms with Crippen LogP contribution in [0.25, 0.3) is 11.1 Å². The zero-order chi connectivity index (χ0) is 27.0. The minimum Gasteiger partial charge on any atom is -0.400 e. The Kier molecular flexibility index (Phi) is 6.25. The molecule has 7 heteroatoms. The molecule has 0 spiro atoms. The van der Waals surface area contributed by atoms with Crippen molar-refractivity contribution in [2.45, 2.75) is 96.1 Å². The van der Waals surface area contributed by atoms with E-state index in [1.165, 1.54) is 26.9 Å². The maximum Gasteiger partial charge on any atom is 0.494 e. The molecule has 5 rings (SSSR count). The molecule has 2 fully saturated rings. The Morgan fingerprint density at radius 3 is 1.70 bits per heavy atom. The van der Waals surface area contributed by atoms with Crippen molar-refractivity contribution in [2.75, 3.05) is 0 Å². The van der Waals surface area contributed by atoms with Gasteiger partial charge in [-0.15, -0.1) is 13.2 Å². The van der Waals surface area contributed by atoms with Gasteiger partial charge < -0.3 is 18.6 Å². The van der Waals surface area contributed by atoms with Crippen LogP contribution < -0.4 is 10.5 Å². The van der Waals surface area contributed by atoms with Crippen LogP contribution in [0.3, 0.4) is 0 Å². The van der Waals surface area contributed by atoms with Gasteiger partial charge in [-0.3, -0.25) is 0 Å². The van der Waals surface area contributed by atoms with Crippen molar-refractivity contribution in [1.29, 1.82) is 0 Å². The van der Waals surface area contributed by atoms with Crippen LogP contribution in [0.15, 0.2) is 55.6 Å². The van der Waals surface area contributed by atoms with E-state index < -0.39 is 7.12 Å². The molecule has 37 heavy (non-hydrogen) atoms. The molecule has 0 N–H and O–H groups in total. The number of hydrogen-bond donors (Lipinski definition) is 0. The van der Waals surface area contributed by atoms with Gasteiger partial charge in [-0.1, -0.05) is 42.5 Å². The standard InChI is InChI=1S/C30H40B2O4Si/c1-11-17-30(18-12-2)23-19-20(31-33-26(3,4)27(5,6)34-31)13-14-21(23)22-15-16-24(37-25(22)30)32-35-28(7,8)29(9,10)36-32/h11-16,19,37H,1-2,17-18H2,3-10H3. The van der Waals surface area contributed by atoms with E-state index in [2.05, 4.69) is 111 Å². The Balaban J connectivity index is 1.61. The summed E-state index contributed by atoms with van der Waals surface area (Å²) in [5, 5.41) is 2.72. The van der Waals surface area contributed by atoms with E-state index in [1.54, 1.807) is 0 Å². The van der Waals surface area contributed by atoms with Crippen molar-refractivity contribution in [1.82, 2.24) is 0 Å². The van der Waals surface area contributed by atoms with Crippen molar-refractivity contribution in [3.63, 3.8) is 0 Å². The van der Waals surface area contributed by atoms with Gasteiger partial charge in [0.25, 0.3) is 0 Å². The smallest absolute Gasteiger partial charge is 0.400 e. The summed E-state index contributed by atoms with van der Waals surface area (Å²) < 4.78 is 25.8. The Hall–Kier alpha value is -1.76. The van der Waals surface area contributed by atoms with Gasteiger partial charge in [-0.05, 0) is 101 Å². The average Bonchev–Trinajstić information content (AvgIpc) is 3.29. The minimum atomic E-state index is -0.396. The molecule has 3 heterocycles. The lowest BCUT2D eigenvalue weighted by atomic mass is 9.72. The highest BCUT2D eigenvalue weighted by atomic mass is 28.2. The van der Waals surface area contributed by atoms with E-state index >= 15 is 0 Å². The van der Waals surface area contributed by atoms with E-state index in [0.717, 1.165) is 18.3 Å². The monoisotopic (exact) mass is 514 g/mol. The van der Waals surface area contributed by atoms with Crippen LogP contribution in [0, 0.1) is 0 Å². The Labute approximate surface area is 225 Å². The Morgan fingerprint density at radius 1 is 0.703 bits per heavy atom. The molecule has 0 amide bonds. The van der Waals surface area contributed by atoms with Gasteiger partial charge in [-0.25, -0.2) is 0 Å². The summed E-state index contributed by atoms with van der Waals surface area (Å²) >= 11 is 0. The van der Waals surface area contributed by atoms with Crippen LogP contribution in [0.5, 0.6) is 0 Å². The number of rotatable bonds is 6. The second-order valence-corrected chi connectivity index (χ2v) is 14.4. The lowest BCUT2D eigenvalue weighted by Gasteiger charge is -2.32. The predicted octanol–water partition coefficient (Wildman–Crippen LogP) is 4.77. The second kappa shape index (κ2) is 8.62. The first-order valence-corrected chi connectivity index (χ1v) is 14.6.